The van der Waals surface area contributed by atoms with Gasteiger partial charge in [0.05, 0.1) is 20.0 Å². The van der Waals surface area contributed by atoms with Gasteiger partial charge in [0.25, 0.3) is 0 Å². The second-order valence-electron chi connectivity index (χ2n) is 11.8. The molecule has 0 unspecified atom stereocenters. The predicted octanol–water partition coefficient (Wildman–Crippen LogP) is 2.74. The lowest BCUT2D eigenvalue weighted by molar-refractivity contribution is -0.170. The Morgan fingerprint density at radius 1 is 0.957 bits per heavy atom. The van der Waals surface area contributed by atoms with E-state index in [-0.39, 0.29) is 17.7 Å². The summed E-state index contributed by atoms with van der Waals surface area (Å²) in [5.41, 5.74) is 4.15. The molecule has 0 spiro atoms. The van der Waals surface area contributed by atoms with E-state index in [2.05, 4.69) is 31.7 Å². The highest BCUT2D eigenvalue weighted by Gasteiger charge is 2.40. The van der Waals surface area contributed by atoms with Gasteiger partial charge < -0.3 is 45.6 Å². The zero-order valence-corrected chi connectivity index (χ0v) is 26.4. The van der Waals surface area contributed by atoms with Gasteiger partial charge in [-0.05, 0) is 58.0 Å². The molecular weight excluding hydrogens is 605 g/mol. The number of benzene rings is 1. The molecule has 0 atom stereocenters. The first-order chi connectivity index (χ1) is 21.7. The molecule has 0 radical (unpaired) electrons. The van der Waals surface area contributed by atoms with Crippen molar-refractivity contribution in [2.45, 2.75) is 81.9 Å². The van der Waals surface area contributed by atoms with Crippen LogP contribution in [0.4, 0.5) is 27.9 Å². The molecule has 1 saturated carbocycles. The van der Waals surface area contributed by atoms with Crippen LogP contribution in [0.1, 0.15) is 64.2 Å². The van der Waals surface area contributed by atoms with E-state index < -0.39 is 42.2 Å². The minimum absolute atomic E-state index is 0.170. The smallest absolute Gasteiger partial charge is 0.336 e. The average Bonchev–Trinajstić information content (AvgIpc) is 3.26. The zero-order valence-electron chi connectivity index (χ0n) is 26.4. The number of aliphatic carboxylic acids is 3. The lowest BCUT2D eigenvalue weighted by atomic mass is 9.96. The lowest BCUT2D eigenvalue weighted by Gasteiger charge is -2.36. The van der Waals surface area contributed by atoms with E-state index in [1.807, 2.05) is 13.1 Å². The topological polar surface area (TPSA) is 216 Å². The summed E-state index contributed by atoms with van der Waals surface area (Å²) < 4.78 is 19.8. The first-order valence-corrected chi connectivity index (χ1v) is 15.2. The number of ether oxygens (including phenoxy) is 1. The summed E-state index contributed by atoms with van der Waals surface area (Å²) in [4.78, 5) is 50.8. The molecule has 15 nitrogen and oxygen atoms in total. The maximum Gasteiger partial charge on any atom is 0.336 e. The molecule has 0 amide bonds. The van der Waals surface area contributed by atoms with Gasteiger partial charge in [0.2, 0.25) is 17.8 Å². The number of piperidine rings is 1. The number of aromatic nitrogens is 3. The maximum atomic E-state index is 14.7. The minimum atomic E-state index is -2.74. The summed E-state index contributed by atoms with van der Waals surface area (Å²) in [5.74, 6) is -3.97. The highest BCUT2D eigenvalue weighted by molar-refractivity contribution is 5.88. The number of carboxylic acids is 3. The number of aliphatic hydroxyl groups is 1. The number of likely N-dealkylation sites (tertiary alicyclic amines) is 1. The maximum absolute atomic E-state index is 14.7. The van der Waals surface area contributed by atoms with Crippen molar-refractivity contribution in [3.05, 3.63) is 24.0 Å². The van der Waals surface area contributed by atoms with Gasteiger partial charge in [-0.2, -0.15) is 15.0 Å². The van der Waals surface area contributed by atoms with Crippen molar-refractivity contribution in [3.8, 4) is 5.75 Å². The molecule has 46 heavy (non-hydrogen) atoms. The molecular formula is C30H44FN7O8. The molecule has 1 aromatic carbocycles. The van der Waals surface area contributed by atoms with Crippen LogP contribution in [-0.2, 0) is 14.4 Å². The van der Waals surface area contributed by atoms with Crippen LogP contribution < -0.4 is 20.3 Å². The fourth-order valence-corrected chi connectivity index (χ4v) is 5.71. The lowest BCUT2D eigenvalue weighted by Crippen LogP contribution is -2.43. The van der Waals surface area contributed by atoms with Crippen molar-refractivity contribution in [1.82, 2.24) is 19.9 Å². The summed E-state index contributed by atoms with van der Waals surface area (Å²) in [6.45, 7) is 2.09. The van der Waals surface area contributed by atoms with Crippen molar-refractivity contribution in [2.24, 2.45) is 0 Å². The Morgan fingerprint density at radius 3 is 2.02 bits per heavy atom. The van der Waals surface area contributed by atoms with E-state index in [0.29, 0.717) is 23.6 Å². The summed E-state index contributed by atoms with van der Waals surface area (Å²) in [7, 11) is 5.64. The standard InChI is InChI=1S/C24H36FN7O.C6H8O7/c1-30-14-12-17(13-15-30)31(2)23-27-22(26)28-24(29-23)32(18-8-6-4-5-7-9-18)19-10-11-21(33-3)20(25)16-19;7-3(8)1-6(13,5(11)12)2-4(9)10/h10-11,16-18H,4-9,12-15H2,1-3H3,(H2,26,27,28,29);13H,1-2H2,(H,7,8)(H,9,10)(H,11,12). The minimum Gasteiger partial charge on any atom is -0.494 e. The third-order valence-corrected chi connectivity index (χ3v) is 8.28. The largest absolute Gasteiger partial charge is 0.494 e. The van der Waals surface area contributed by atoms with Crippen LogP contribution in [0.5, 0.6) is 5.75 Å². The third kappa shape index (κ3) is 9.84. The molecule has 2 fully saturated rings. The number of nitrogens with two attached hydrogens (primary N) is 1. The van der Waals surface area contributed by atoms with Crippen LogP contribution >= 0.6 is 0 Å². The molecule has 2 aromatic rings. The van der Waals surface area contributed by atoms with Crippen LogP contribution in [0.2, 0.25) is 0 Å². The number of carbonyl (C=O) groups is 3. The number of rotatable bonds is 11. The Labute approximate surface area is 266 Å². The Kier molecular flexibility index (Phi) is 12.8. The summed E-state index contributed by atoms with van der Waals surface area (Å²) in [6, 6.07) is 5.55. The van der Waals surface area contributed by atoms with Crippen molar-refractivity contribution < 1.29 is 43.9 Å². The Hall–Kier alpha value is -4.31. The third-order valence-electron chi connectivity index (χ3n) is 8.28. The highest BCUT2D eigenvalue weighted by atomic mass is 19.1. The molecule has 4 rings (SSSR count). The number of nitrogens with zero attached hydrogens (tertiary/aromatic N) is 6. The summed E-state index contributed by atoms with van der Waals surface area (Å²) in [6.07, 6.45) is 6.48. The van der Waals surface area contributed by atoms with Crippen molar-refractivity contribution >= 4 is 41.4 Å². The van der Waals surface area contributed by atoms with Crippen molar-refractivity contribution in [3.63, 3.8) is 0 Å². The SMILES string of the molecule is COc1ccc(N(c2nc(N)nc(N(C)C3CCN(C)CC3)n2)C2CCCCCC2)cc1F.O=C(O)CC(O)(CC(=O)O)C(=O)O. The summed E-state index contributed by atoms with van der Waals surface area (Å²) >= 11 is 0. The van der Waals surface area contributed by atoms with Crippen molar-refractivity contribution in [2.75, 3.05) is 49.8 Å². The van der Waals surface area contributed by atoms with E-state index in [0.717, 1.165) is 51.6 Å². The van der Waals surface area contributed by atoms with E-state index >= 15 is 0 Å². The first kappa shape index (κ1) is 36.2. The number of anilines is 4. The van der Waals surface area contributed by atoms with Crippen LogP contribution in [0.15, 0.2) is 18.2 Å². The molecule has 6 N–H and O–H groups in total. The Morgan fingerprint density at radius 2 is 1.52 bits per heavy atom. The predicted molar refractivity (Wildman–Crippen MR) is 167 cm³/mol. The first-order valence-electron chi connectivity index (χ1n) is 15.2. The fourth-order valence-electron chi connectivity index (χ4n) is 5.71. The number of halogens is 1. The molecule has 16 heteroatoms. The molecule has 1 aromatic heterocycles. The fraction of sp³-hybridized carbons (Fsp3) is 0.600. The molecule has 1 saturated heterocycles. The van der Waals surface area contributed by atoms with Gasteiger partial charge in [0, 0.05) is 30.9 Å². The second-order valence-corrected chi connectivity index (χ2v) is 11.8. The van der Waals surface area contributed by atoms with E-state index in [1.54, 1.807) is 6.07 Å². The molecule has 2 heterocycles. The Bertz CT molecular complexity index is 1330. The molecule has 1 aliphatic heterocycles. The van der Waals surface area contributed by atoms with Crippen LogP contribution in [0, 0.1) is 5.82 Å². The van der Waals surface area contributed by atoms with Gasteiger partial charge in [-0.15, -0.1) is 0 Å². The monoisotopic (exact) mass is 649 g/mol. The molecule has 1 aliphatic carbocycles. The Balaban J connectivity index is 0.000000376. The van der Waals surface area contributed by atoms with Gasteiger partial charge in [-0.1, -0.05) is 25.7 Å². The van der Waals surface area contributed by atoms with E-state index in [1.165, 1.54) is 26.0 Å². The number of hydrogen-bond acceptors (Lipinski definition) is 12. The van der Waals surface area contributed by atoms with Gasteiger partial charge in [-0.25, -0.2) is 9.18 Å². The van der Waals surface area contributed by atoms with E-state index in [4.69, 9.17) is 35.9 Å². The number of hydrogen-bond donors (Lipinski definition) is 5. The highest BCUT2D eigenvalue weighted by Crippen LogP contribution is 2.35. The zero-order chi connectivity index (χ0) is 34.0. The molecule has 254 valence electrons. The number of nitrogen functional groups attached to an aromatic ring is 1. The van der Waals surface area contributed by atoms with Gasteiger partial charge in [-0.3, -0.25) is 9.59 Å². The van der Waals surface area contributed by atoms with Gasteiger partial charge in [0.15, 0.2) is 17.2 Å². The van der Waals surface area contributed by atoms with Crippen LogP contribution in [-0.4, -0.2) is 110 Å². The molecule has 0 bridgehead atoms. The van der Waals surface area contributed by atoms with Crippen LogP contribution in [0.25, 0.3) is 0 Å². The average molecular weight is 650 g/mol. The number of methoxy groups -OCH3 is 1. The van der Waals surface area contributed by atoms with Crippen LogP contribution in [0.3, 0.4) is 0 Å². The normalized spacial score (nSPS) is 16.5. The van der Waals surface area contributed by atoms with E-state index in [9.17, 15) is 18.8 Å². The summed E-state index contributed by atoms with van der Waals surface area (Å²) in [5, 5.41) is 33.8. The van der Waals surface area contributed by atoms with Gasteiger partial charge >= 0.3 is 17.9 Å². The second kappa shape index (κ2) is 16.3. The number of carboxylic acid groups (broad SMARTS) is 3. The van der Waals surface area contributed by atoms with Gasteiger partial charge in [0.1, 0.15) is 0 Å². The van der Waals surface area contributed by atoms with Crippen molar-refractivity contribution in [1.29, 1.82) is 0 Å². The quantitative estimate of drug-likeness (QED) is 0.221. The molecule has 2 aliphatic rings.